The number of aromatic nitrogens is 2. The molecule has 0 aliphatic carbocycles. The molecule has 1 saturated heterocycles. The van der Waals surface area contributed by atoms with Gasteiger partial charge in [0.25, 0.3) is 0 Å². The molecule has 3 rings (SSSR count). The Kier molecular flexibility index (Phi) is 9.77. The molecule has 0 bridgehead atoms. The first kappa shape index (κ1) is 22.7. The fourth-order valence-electron chi connectivity index (χ4n) is 3.71. The smallest absolute Gasteiger partial charge is 0.191 e. The summed E-state index contributed by atoms with van der Waals surface area (Å²) in [5, 5.41) is 11.4. The normalized spacial score (nSPS) is 17.8. The average Bonchev–Trinajstić information content (AvgIpc) is 3.20. The van der Waals surface area contributed by atoms with Gasteiger partial charge in [-0.15, -0.1) is 24.0 Å². The topological polar surface area (TPSA) is 57.5 Å². The van der Waals surface area contributed by atoms with Gasteiger partial charge < -0.3 is 10.6 Å². The van der Waals surface area contributed by atoms with Gasteiger partial charge >= 0.3 is 0 Å². The number of nitrogens with zero attached hydrogens (tertiary/aromatic N) is 4. The molecule has 6 nitrogen and oxygen atoms in total. The van der Waals surface area contributed by atoms with Gasteiger partial charge in [0.05, 0.1) is 17.9 Å². The van der Waals surface area contributed by atoms with Gasteiger partial charge in [-0.2, -0.15) is 5.10 Å². The molecule has 2 N–H and O–H groups in total. The maximum Gasteiger partial charge on any atom is 0.191 e. The number of hydrogen-bond acceptors (Lipinski definition) is 3. The second-order valence-corrected chi connectivity index (χ2v) is 7.03. The summed E-state index contributed by atoms with van der Waals surface area (Å²) in [6.07, 6.45) is 7.28. The van der Waals surface area contributed by atoms with Crippen molar-refractivity contribution in [3.8, 4) is 5.69 Å². The SMILES string of the molecule is CCC1CCCCN1CCNC(=NC)NCc1ccn(-c2ccccc2)n1.I. The third-order valence-electron chi connectivity index (χ3n) is 5.24. The fraction of sp³-hybridized carbons (Fsp3) is 0.524. The van der Waals surface area contributed by atoms with E-state index < -0.39 is 0 Å². The zero-order valence-corrected chi connectivity index (χ0v) is 19.3. The van der Waals surface area contributed by atoms with Crippen LogP contribution in [0.2, 0.25) is 0 Å². The number of hydrogen-bond donors (Lipinski definition) is 2. The Bertz CT molecular complexity index is 715. The molecule has 1 atom stereocenters. The average molecular weight is 496 g/mol. The highest BCUT2D eigenvalue weighted by molar-refractivity contribution is 14.0. The molecule has 1 aromatic carbocycles. The Labute approximate surface area is 185 Å². The minimum absolute atomic E-state index is 0. The van der Waals surface area contributed by atoms with E-state index in [1.807, 2.05) is 42.2 Å². The van der Waals surface area contributed by atoms with E-state index in [9.17, 15) is 0 Å². The Hall–Kier alpha value is -1.61. The van der Waals surface area contributed by atoms with Crippen LogP contribution in [0.15, 0.2) is 47.6 Å². The molecule has 1 aliphatic rings. The largest absolute Gasteiger partial charge is 0.355 e. The molecule has 1 fully saturated rings. The lowest BCUT2D eigenvalue weighted by Crippen LogP contribution is -2.45. The first-order chi connectivity index (χ1) is 13.3. The lowest BCUT2D eigenvalue weighted by Gasteiger charge is -2.35. The van der Waals surface area contributed by atoms with Crippen molar-refractivity contribution in [2.75, 3.05) is 26.7 Å². The van der Waals surface area contributed by atoms with E-state index in [4.69, 9.17) is 0 Å². The van der Waals surface area contributed by atoms with E-state index in [1.165, 1.54) is 32.2 Å². The second-order valence-electron chi connectivity index (χ2n) is 7.03. The van der Waals surface area contributed by atoms with Crippen LogP contribution < -0.4 is 10.6 Å². The van der Waals surface area contributed by atoms with E-state index in [0.717, 1.165) is 36.5 Å². The number of halogens is 1. The number of para-hydroxylation sites is 1. The predicted octanol–water partition coefficient (Wildman–Crippen LogP) is 3.42. The van der Waals surface area contributed by atoms with Gasteiger partial charge in [0.15, 0.2) is 5.96 Å². The van der Waals surface area contributed by atoms with E-state index in [1.54, 1.807) is 0 Å². The summed E-state index contributed by atoms with van der Waals surface area (Å²) in [7, 11) is 1.81. The highest BCUT2D eigenvalue weighted by Gasteiger charge is 2.19. The highest BCUT2D eigenvalue weighted by atomic mass is 127. The molecule has 1 unspecified atom stereocenters. The van der Waals surface area contributed by atoms with Crippen LogP contribution in [-0.4, -0.2) is 53.4 Å². The summed E-state index contributed by atoms with van der Waals surface area (Å²) in [4.78, 5) is 6.95. The molecule has 0 spiro atoms. The van der Waals surface area contributed by atoms with Crippen molar-refractivity contribution < 1.29 is 0 Å². The van der Waals surface area contributed by atoms with Crippen LogP contribution in [0.25, 0.3) is 5.69 Å². The van der Waals surface area contributed by atoms with Gasteiger partial charge in [-0.25, -0.2) is 4.68 Å². The van der Waals surface area contributed by atoms with Crippen LogP contribution >= 0.6 is 24.0 Å². The zero-order valence-electron chi connectivity index (χ0n) is 17.0. The van der Waals surface area contributed by atoms with Crippen molar-refractivity contribution >= 4 is 29.9 Å². The summed E-state index contributed by atoms with van der Waals surface area (Å²) in [5.41, 5.74) is 2.06. The minimum atomic E-state index is 0. The number of likely N-dealkylation sites (tertiary alicyclic amines) is 1. The first-order valence-corrected chi connectivity index (χ1v) is 10.1. The lowest BCUT2D eigenvalue weighted by atomic mass is 10.0. The predicted molar refractivity (Wildman–Crippen MR) is 127 cm³/mol. The Morgan fingerprint density at radius 3 is 2.75 bits per heavy atom. The van der Waals surface area contributed by atoms with Gasteiger partial charge in [0.1, 0.15) is 0 Å². The van der Waals surface area contributed by atoms with Gasteiger partial charge in [0, 0.05) is 32.4 Å². The molecule has 2 heterocycles. The van der Waals surface area contributed by atoms with Crippen molar-refractivity contribution in [1.82, 2.24) is 25.3 Å². The number of benzene rings is 1. The second kappa shape index (κ2) is 12.1. The highest BCUT2D eigenvalue weighted by Crippen LogP contribution is 2.18. The molecular weight excluding hydrogens is 463 g/mol. The van der Waals surface area contributed by atoms with Gasteiger partial charge in [-0.05, 0) is 44.0 Å². The maximum absolute atomic E-state index is 4.62. The third kappa shape index (κ3) is 6.48. The molecule has 2 aromatic rings. The van der Waals surface area contributed by atoms with Crippen molar-refractivity contribution in [2.45, 2.75) is 45.2 Å². The number of aliphatic imine (C=N–C) groups is 1. The van der Waals surface area contributed by atoms with Crippen molar-refractivity contribution in [2.24, 2.45) is 4.99 Å². The third-order valence-corrected chi connectivity index (χ3v) is 5.24. The van der Waals surface area contributed by atoms with E-state index in [-0.39, 0.29) is 24.0 Å². The molecule has 7 heteroatoms. The summed E-state index contributed by atoms with van der Waals surface area (Å²) >= 11 is 0. The number of guanidine groups is 1. The van der Waals surface area contributed by atoms with E-state index in [2.05, 4.69) is 44.7 Å². The Balaban J connectivity index is 0.00000280. The number of piperidine rings is 1. The zero-order chi connectivity index (χ0) is 18.9. The summed E-state index contributed by atoms with van der Waals surface area (Å²) < 4.78 is 1.90. The van der Waals surface area contributed by atoms with E-state index in [0.29, 0.717) is 6.54 Å². The minimum Gasteiger partial charge on any atom is -0.355 e. The molecule has 0 amide bonds. The van der Waals surface area contributed by atoms with Crippen molar-refractivity contribution in [3.05, 3.63) is 48.3 Å². The van der Waals surface area contributed by atoms with E-state index >= 15 is 0 Å². The van der Waals surface area contributed by atoms with Crippen LogP contribution in [0.5, 0.6) is 0 Å². The molecule has 1 aromatic heterocycles. The quantitative estimate of drug-likeness (QED) is 0.351. The lowest BCUT2D eigenvalue weighted by molar-refractivity contribution is 0.147. The van der Waals surface area contributed by atoms with Gasteiger partial charge in [-0.3, -0.25) is 9.89 Å². The number of nitrogens with one attached hydrogen (secondary N) is 2. The maximum atomic E-state index is 4.62. The van der Waals surface area contributed by atoms with Crippen molar-refractivity contribution in [3.63, 3.8) is 0 Å². The molecule has 0 radical (unpaired) electrons. The van der Waals surface area contributed by atoms with Crippen LogP contribution in [0, 0.1) is 0 Å². The molecule has 154 valence electrons. The number of rotatable bonds is 7. The first-order valence-electron chi connectivity index (χ1n) is 10.1. The molecular formula is C21H33IN6. The summed E-state index contributed by atoms with van der Waals surface area (Å²) in [6, 6.07) is 12.9. The summed E-state index contributed by atoms with van der Waals surface area (Å²) in [5.74, 6) is 0.828. The van der Waals surface area contributed by atoms with Crippen LogP contribution in [-0.2, 0) is 6.54 Å². The summed E-state index contributed by atoms with van der Waals surface area (Å²) in [6.45, 7) is 6.16. The van der Waals surface area contributed by atoms with Gasteiger partial charge in [0.2, 0.25) is 0 Å². The Morgan fingerprint density at radius 1 is 1.18 bits per heavy atom. The molecule has 0 saturated carbocycles. The fourth-order valence-corrected chi connectivity index (χ4v) is 3.71. The molecule has 28 heavy (non-hydrogen) atoms. The van der Waals surface area contributed by atoms with Gasteiger partial charge in [-0.1, -0.05) is 31.5 Å². The standard InChI is InChI=1S/C21H32N6.HI/c1-3-19-9-7-8-14-26(19)16-13-23-21(22-2)24-17-18-12-15-27(25-18)20-10-5-4-6-11-20;/h4-6,10-12,15,19H,3,7-9,13-14,16-17H2,1-2H3,(H2,22,23,24);1H. The van der Waals surface area contributed by atoms with Crippen LogP contribution in [0.3, 0.4) is 0 Å². The monoisotopic (exact) mass is 496 g/mol. The van der Waals surface area contributed by atoms with Crippen LogP contribution in [0.1, 0.15) is 38.3 Å². The molecule has 1 aliphatic heterocycles. The van der Waals surface area contributed by atoms with Crippen molar-refractivity contribution in [1.29, 1.82) is 0 Å². The Morgan fingerprint density at radius 2 is 2.00 bits per heavy atom. The van der Waals surface area contributed by atoms with Crippen LogP contribution in [0.4, 0.5) is 0 Å².